The smallest absolute Gasteiger partial charge is 0.293 e. The summed E-state index contributed by atoms with van der Waals surface area (Å²) in [5, 5.41) is 1.29. The molecule has 0 spiro atoms. The summed E-state index contributed by atoms with van der Waals surface area (Å²) in [7, 11) is -1.02. The molecule has 0 saturated carbocycles. The van der Waals surface area contributed by atoms with Crippen molar-refractivity contribution in [3.05, 3.63) is 36.0 Å². The Morgan fingerprint density at radius 3 is 2.55 bits per heavy atom. The van der Waals surface area contributed by atoms with Crippen LogP contribution < -0.4 is 0 Å². The molecule has 7 heteroatoms. The van der Waals surface area contributed by atoms with Crippen molar-refractivity contribution >= 4 is 25.4 Å². The van der Waals surface area contributed by atoms with Gasteiger partial charge in [0.05, 0.1) is 25.3 Å². The van der Waals surface area contributed by atoms with E-state index in [2.05, 4.69) is 64.3 Å². The minimum atomic E-state index is -1.02. The van der Waals surface area contributed by atoms with Gasteiger partial charge in [-0.05, 0) is 36.1 Å². The van der Waals surface area contributed by atoms with Crippen molar-refractivity contribution in [1.29, 1.82) is 0 Å². The number of hydrogen-bond acceptors (Lipinski definition) is 5. The Bertz CT molecular complexity index is 736. The van der Waals surface area contributed by atoms with E-state index in [1.54, 1.807) is 6.92 Å². The normalized spacial score (nSPS) is 15.0. The van der Waals surface area contributed by atoms with Gasteiger partial charge >= 0.3 is 0 Å². The van der Waals surface area contributed by atoms with Crippen molar-refractivity contribution in [3.63, 3.8) is 0 Å². The van der Waals surface area contributed by atoms with Crippen molar-refractivity contribution in [2.75, 3.05) is 39.5 Å². The highest BCUT2D eigenvalue weighted by atomic mass is 28.3. The number of carbonyl (C=O) groups excluding carboxylic acids is 1. The Morgan fingerprint density at radius 2 is 1.93 bits per heavy atom. The summed E-state index contributed by atoms with van der Waals surface area (Å²) in [5.74, 6) is 0. The fourth-order valence-electron chi connectivity index (χ4n) is 3.07. The fraction of sp³-hybridized carbons (Fsp3) is 0.591. The molecule has 0 aliphatic carbocycles. The zero-order valence-corrected chi connectivity index (χ0v) is 19.4. The molecule has 1 fully saturated rings. The molecule has 0 radical (unpaired) electrons. The minimum absolute atomic E-state index is 0.431. The predicted octanol–water partition coefficient (Wildman–Crippen LogP) is 3.97. The van der Waals surface area contributed by atoms with Crippen LogP contribution in [-0.2, 0) is 32.3 Å². The van der Waals surface area contributed by atoms with Gasteiger partial charge in [-0.1, -0.05) is 31.8 Å². The van der Waals surface area contributed by atoms with E-state index in [1.807, 2.05) is 0 Å². The lowest BCUT2D eigenvalue weighted by Crippen LogP contribution is -2.35. The second-order valence-corrected chi connectivity index (χ2v) is 14.1. The average molecular weight is 421 g/mol. The molecule has 0 N–H and O–H groups in total. The summed E-state index contributed by atoms with van der Waals surface area (Å²) in [5.41, 5.74) is 2.64. The largest absolute Gasteiger partial charge is 0.468 e. The third-order valence-corrected chi connectivity index (χ3v) is 6.51. The first-order valence-corrected chi connectivity index (χ1v) is 14.1. The minimum Gasteiger partial charge on any atom is -0.468 e. The zero-order chi connectivity index (χ0) is 21.1. The molecule has 162 valence electrons. The van der Waals surface area contributed by atoms with Gasteiger partial charge in [0.15, 0.2) is 0 Å². The van der Waals surface area contributed by atoms with Crippen LogP contribution in [0.1, 0.15) is 12.5 Å². The number of hydrogen-bond donors (Lipinski definition) is 0. The van der Waals surface area contributed by atoms with Crippen molar-refractivity contribution in [3.8, 4) is 0 Å². The van der Waals surface area contributed by atoms with Crippen molar-refractivity contribution < 1.29 is 19.0 Å². The Morgan fingerprint density at radius 1 is 1.17 bits per heavy atom. The van der Waals surface area contributed by atoms with Gasteiger partial charge in [-0.2, -0.15) is 0 Å². The first-order chi connectivity index (χ1) is 13.9. The van der Waals surface area contributed by atoms with Crippen LogP contribution in [0.25, 0.3) is 10.9 Å². The van der Waals surface area contributed by atoms with E-state index in [-0.39, 0.29) is 0 Å². The molecule has 1 aromatic heterocycles. The summed E-state index contributed by atoms with van der Waals surface area (Å²) in [6, 6.07) is 10.2. The van der Waals surface area contributed by atoms with E-state index in [1.165, 1.54) is 22.5 Å². The number of fused-ring (bicyclic) bond motifs is 1. The number of nitrogens with zero attached hydrogens (tertiary/aromatic N) is 2. The van der Waals surface area contributed by atoms with Gasteiger partial charge in [-0.15, -0.1) is 0 Å². The van der Waals surface area contributed by atoms with Crippen LogP contribution in [0.5, 0.6) is 0 Å². The van der Waals surface area contributed by atoms with Gasteiger partial charge in [-0.3, -0.25) is 9.69 Å². The molecule has 0 amide bonds. The molecule has 1 saturated heterocycles. The van der Waals surface area contributed by atoms with Gasteiger partial charge in [0.25, 0.3) is 6.47 Å². The van der Waals surface area contributed by atoms with Gasteiger partial charge in [0.1, 0.15) is 6.73 Å². The molecule has 29 heavy (non-hydrogen) atoms. The fourth-order valence-corrected chi connectivity index (χ4v) is 3.82. The number of rotatable bonds is 9. The maximum absolute atomic E-state index is 9.18. The Hall–Kier alpha value is -1.67. The number of ether oxygens (including phenoxy) is 3. The van der Waals surface area contributed by atoms with E-state index in [0.29, 0.717) is 19.8 Å². The molecule has 6 nitrogen and oxygen atoms in total. The van der Waals surface area contributed by atoms with Gasteiger partial charge in [-0.25, -0.2) is 0 Å². The van der Waals surface area contributed by atoms with Crippen molar-refractivity contribution in [2.24, 2.45) is 0 Å². The highest BCUT2D eigenvalue weighted by molar-refractivity contribution is 6.76. The highest BCUT2D eigenvalue weighted by Crippen LogP contribution is 2.19. The van der Waals surface area contributed by atoms with Crippen LogP contribution in [0, 0.1) is 0 Å². The highest BCUT2D eigenvalue weighted by Gasteiger charge is 2.13. The molecule has 1 aliphatic rings. The van der Waals surface area contributed by atoms with Crippen LogP contribution >= 0.6 is 0 Å². The monoisotopic (exact) mass is 420 g/mol. The third-order valence-electron chi connectivity index (χ3n) is 4.81. The first-order valence-electron chi connectivity index (χ1n) is 10.4. The topological polar surface area (TPSA) is 52.9 Å². The van der Waals surface area contributed by atoms with E-state index in [9.17, 15) is 4.79 Å². The molecule has 0 unspecified atom stereocenters. The summed E-state index contributed by atoms with van der Waals surface area (Å²) < 4.78 is 17.7. The maximum Gasteiger partial charge on any atom is 0.293 e. The SMILES string of the molecule is CCOC=O.C[Si](C)(C)CCOCn1ccc2ccc(CN3CCOCC3)cc21. The molecule has 2 aromatic rings. The first kappa shape index (κ1) is 23.6. The quantitative estimate of drug-likeness (QED) is 0.349. The summed E-state index contributed by atoms with van der Waals surface area (Å²) >= 11 is 0. The number of carbonyl (C=O) groups is 1. The standard InChI is InChI=1S/C19H30N2O2Si.C3H6O2/c1-24(2,3)13-12-23-16-21-7-6-18-5-4-17(14-19(18)21)15-20-8-10-22-11-9-20;1-2-5-3-4/h4-7,14H,8-13,15-16H2,1-3H3;3H,2H2,1H3. The van der Waals surface area contributed by atoms with Gasteiger partial charge in [0.2, 0.25) is 0 Å². The molecule has 0 atom stereocenters. The second-order valence-electron chi connectivity index (χ2n) is 8.47. The third kappa shape index (κ3) is 8.70. The molecule has 0 bridgehead atoms. The van der Waals surface area contributed by atoms with E-state index in [4.69, 9.17) is 9.47 Å². The molecule has 2 heterocycles. The van der Waals surface area contributed by atoms with Crippen molar-refractivity contribution in [2.45, 2.75) is 45.9 Å². The Balaban J connectivity index is 0.000000537. The molecule has 1 aromatic carbocycles. The van der Waals surface area contributed by atoms with Crippen molar-refractivity contribution in [1.82, 2.24) is 9.47 Å². The molecular weight excluding hydrogens is 384 g/mol. The number of morpholine rings is 1. The predicted molar refractivity (Wildman–Crippen MR) is 120 cm³/mol. The summed E-state index contributed by atoms with van der Waals surface area (Å²) in [6.07, 6.45) is 2.14. The molecule has 3 rings (SSSR count). The lowest BCUT2D eigenvalue weighted by atomic mass is 10.1. The van der Waals surface area contributed by atoms with Crippen LogP contribution in [0.4, 0.5) is 0 Å². The van der Waals surface area contributed by atoms with Crippen LogP contribution in [0.3, 0.4) is 0 Å². The van der Waals surface area contributed by atoms with E-state index >= 15 is 0 Å². The molecule has 1 aliphatic heterocycles. The lowest BCUT2D eigenvalue weighted by molar-refractivity contribution is -0.128. The number of benzene rings is 1. The van der Waals surface area contributed by atoms with E-state index < -0.39 is 8.07 Å². The van der Waals surface area contributed by atoms with Crippen LogP contribution in [-0.4, -0.2) is 63.5 Å². The Labute approximate surface area is 175 Å². The molecular formula is C22H36N2O4Si. The van der Waals surface area contributed by atoms with Gasteiger partial charge < -0.3 is 18.8 Å². The second kappa shape index (κ2) is 12.1. The number of aromatic nitrogens is 1. The van der Waals surface area contributed by atoms with E-state index in [0.717, 1.165) is 39.5 Å². The Kier molecular flexibility index (Phi) is 9.87. The van der Waals surface area contributed by atoms with Gasteiger partial charge in [0, 0.05) is 40.5 Å². The average Bonchev–Trinajstić information content (AvgIpc) is 3.09. The summed E-state index contributed by atoms with van der Waals surface area (Å²) in [6.45, 7) is 16.1. The van der Waals surface area contributed by atoms with Crippen LogP contribution in [0.15, 0.2) is 30.5 Å². The van der Waals surface area contributed by atoms with Crippen LogP contribution in [0.2, 0.25) is 25.7 Å². The summed E-state index contributed by atoms with van der Waals surface area (Å²) in [4.78, 5) is 11.6. The lowest BCUT2D eigenvalue weighted by Gasteiger charge is -2.26. The zero-order valence-electron chi connectivity index (χ0n) is 18.4. The maximum atomic E-state index is 9.18.